The van der Waals surface area contributed by atoms with Gasteiger partial charge in [-0.05, 0) is 25.5 Å². The van der Waals surface area contributed by atoms with Crippen LogP contribution < -0.4 is 11.5 Å². The predicted octanol–water partition coefficient (Wildman–Crippen LogP) is 2.28. The molecule has 0 saturated heterocycles. The molecule has 3 aromatic heterocycles. The second-order valence-corrected chi connectivity index (χ2v) is 6.75. The summed E-state index contributed by atoms with van der Waals surface area (Å²) in [6.07, 6.45) is 7.08. The molecule has 0 saturated carbocycles. The molecule has 3 heterocycles. The van der Waals surface area contributed by atoms with Crippen LogP contribution in [0.1, 0.15) is 30.6 Å². The van der Waals surface area contributed by atoms with Crippen molar-refractivity contribution in [3.8, 4) is 11.3 Å². The number of hydrogen-bond donors (Lipinski definition) is 3. The second kappa shape index (κ2) is 6.45. The Balaban J connectivity index is 2.04. The van der Waals surface area contributed by atoms with E-state index in [0.717, 1.165) is 5.70 Å². The van der Waals surface area contributed by atoms with Crippen LogP contribution in [0.25, 0.3) is 28.1 Å². The minimum Gasteiger partial charge on any atom is -0.508 e. The number of aliphatic hydroxyl groups is 1. The molecule has 1 unspecified atom stereocenters. The van der Waals surface area contributed by atoms with E-state index in [0.29, 0.717) is 34.4 Å². The van der Waals surface area contributed by atoms with Gasteiger partial charge in [0.2, 0.25) is 0 Å². The third-order valence-corrected chi connectivity index (χ3v) is 4.97. The number of rotatable bonds is 3. The molecule has 0 fully saturated rings. The number of primary amides is 1. The van der Waals surface area contributed by atoms with Crippen LogP contribution >= 0.6 is 0 Å². The van der Waals surface area contributed by atoms with Crippen molar-refractivity contribution in [2.45, 2.75) is 20.3 Å². The van der Waals surface area contributed by atoms with Gasteiger partial charge in [0.05, 0.1) is 24.3 Å². The van der Waals surface area contributed by atoms with Crippen LogP contribution in [0.2, 0.25) is 0 Å². The quantitative estimate of drug-likeness (QED) is 0.634. The summed E-state index contributed by atoms with van der Waals surface area (Å²) < 4.78 is 1.67. The molecular weight excluding hydrogens is 358 g/mol. The summed E-state index contributed by atoms with van der Waals surface area (Å²) in [5.41, 5.74) is 15.4. The zero-order chi connectivity index (χ0) is 20.0. The Morgan fingerprint density at radius 1 is 1.32 bits per heavy atom. The molecule has 9 heteroatoms. The maximum atomic E-state index is 12.2. The standard InChI is InChI=1S/C19H19N7O2/c1-9-3-4-13(27)10(2)16(9)26-17(20)14(18(21)28)15-19(26)22-8-12(25-15)11-5-6-23-24-7-11/h4-9,27H,3,20H2,1-2H3,(H2,21,28). The highest BCUT2D eigenvalue weighted by Gasteiger charge is 2.28. The van der Waals surface area contributed by atoms with Crippen LogP contribution in [0.5, 0.6) is 0 Å². The lowest BCUT2D eigenvalue weighted by molar-refractivity contribution is 0.100. The maximum Gasteiger partial charge on any atom is 0.254 e. The van der Waals surface area contributed by atoms with E-state index in [1.807, 2.05) is 6.92 Å². The first kappa shape index (κ1) is 17.7. The van der Waals surface area contributed by atoms with E-state index < -0.39 is 5.91 Å². The van der Waals surface area contributed by atoms with Crippen molar-refractivity contribution in [2.24, 2.45) is 11.7 Å². The highest BCUT2D eigenvalue weighted by molar-refractivity contribution is 6.10. The number of aliphatic hydroxyl groups excluding tert-OH is 1. The third kappa shape index (κ3) is 2.59. The molecule has 0 aromatic carbocycles. The maximum absolute atomic E-state index is 12.2. The van der Waals surface area contributed by atoms with Crippen LogP contribution in [0.15, 0.2) is 42.1 Å². The van der Waals surface area contributed by atoms with Gasteiger partial charge in [0.1, 0.15) is 22.7 Å². The first-order valence-electron chi connectivity index (χ1n) is 8.74. The van der Waals surface area contributed by atoms with Crippen LogP contribution in [-0.4, -0.2) is 35.7 Å². The van der Waals surface area contributed by atoms with Crippen LogP contribution in [0, 0.1) is 5.92 Å². The number of fused-ring (bicyclic) bond motifs is 1. The summed E-state index contributed by atoms with van der Waals surface area (Å²) in [5, 5.41) is 17.8. The first-order valence-corrected chi connectivity index (χ1v) is 8.74. The summed E-state index contributed by atoms with van der Waals surface area (Å²) in [5.74, 6) is -0.298. The fourth-order valence-corrected chi connectivity index (χ4v) is 3.57. The molecule has 0 spiro atoms. The van der Waals surface area contributed by atoms with Crippen molar-refractivity contribution in [3.05, 3.63) is 47.6 Å². The molecule has 142 valence electrons. The van der Waals surface area contributed by atoms with E-state index in [1.165, 1.54) is 0 Å². The average Bonchev–Trinajstić information content (AvgIpc) is 2.97. The summed E-state index contributed by atoms with van der Waals surface area (Å²) in [4.78, 5) is 21.3. The Hall–Kier alpha value is -3.75. The molecule has 1 atom stereocenters. The highest BCUT2D eigenvalue weighted by atomic mass is 16.3. The van der Waals surface area contributed by atoms with Gasteiger partial charge in [-0.2, -0.15) is 10.2 Å². The predicted molar refractivity (Wildman–Crippen MR) is 105 cm³/mol. The van der Waals surface area contributed by atoms with E-state index >= 15 is 0 Å². The average molecular weight is 377 g/mol. The fraction of sp³-hybridized carbons (Fsp3) is 0.211. The van der Waals surface area contributed by atoms with Gasteiger partial charge >= 0.3 is 0 Å². The number of allylic oxidation sites excluding steroid dienone is 3. The SMILES string of the molecule is CC1=C(n2c(N)c(C(N)=O)c3nc(-c4ccnnc4)cnc32)C(C)CC=C1O. The van der Waals surface area contributed by atoms with Gasteiger partial charge in [0, 0.05) is 22.8 Å². The zero-order valence-electron chi connectivity index (χ0n) is 15.4. The number of nitrogens with zero attached hydrogens (tertiary/aromatic N) is 5. The van der Waals surface area contributed by atoms with Crippen molar-refractivity contribution in [2.75, 3.05) is 5.73 Å². The monoisotopic (exact) mass is 377 g/mol. The van der Waals surface area contributed by atoms with Crippen molar-refractivity contribution in [1.82, 2.24) is 24.7 Å². The topological polar surface area (TPSA) is 146 Å². The van der Waals surface area contributed by atoms with Crippen LogP contribution in [0.3, 0.4) is 0 Å². The minimum absolute atomic E-state index is 0.0559. The molecule has 0 bridgehead atoms. The number of amides is 1. The van der Waals surface area contributed by atoms with Gasteiger partial charge in [0.25, 0.3) is 5.91 Å². The van der Waals surface area contributed by atoms with Crippen LogP contribution in [0.4, 0.5) is 5.82 Å². The summed E-state index contributed by atoms with van der Waals surface area (Å²) in [6, 6.07) is 1.74. The van der Waals surface area contributed by atoms with Gasteiger partial charge in [-0.25, -0.2) is 9.97 Å². The molecule has 4 rings (SSSR count). The Bertz CT molecular complexity index is 1160. The summed E-state index contributed by atoms with van der Waals surface area (Å²) >= 11 is 0. The Labute approximate surface area is 160 Å². The van der Waals surface area contributed by atoms with Crippen molar-refractivity contribution in [1.29, 1.82) is 0 Å². The molecule has 1 aliphatic rings. The lowest BCUT2D eigenvalue weighted by Gasteiger charge is -2.24. The number of nitrogens with two attached hydrogens (primary N) is 2. The van der Waals surface area contributed by atoms with Gasteiger partial charge in [-0.1, -0.05) is 6.92 Å². The molecule has 3 aromatic rings. The summed E-state index contributed by atoms with van der Waals surface area (Å²) in [7, 11) is 0. The van der Waals surface area contributed by atoms with E-state index in [2.05, 4.69) is 20.2 Å². The van der Waals surface area contributed by atoms with E-state index in [9.17, 15) is 9.90 Å². The van der Waals surface area contributed by atoms with E-state index in [1.54, 1.807) is 42.2 Å². The van der Waals surface area contributed by atoms with Crippen molar-refractivity contribution >= 4 is 28.6 Å². The van der Waals surface area contributed by atoms with E-state index in [4.69, 9.17) is 11.5 Å². The normalized spacial score (nSPS) is 17.1. The number of anilines is 1. The van der Waals surface area contributed by atoms with Crippen molar-refractivity contribution in [3.63, 3.8) is 0 Å². The highest BCUT2D eigenvalue weighted by Crippen LogP contribution is 2.38. The molecule has 0 radical (unpaired) electrons. The second-order valence-electron chi connectivity index (χ2n) is 6.75. The zero-order valence-corrected chi connectivity index (χ0v) is 15.4. The molecule has 1 amide bonds. The van der Waals surface area contributed by atoms with Gasteiger partial charge < -0.3 is 16.6 Å². The molecule has 9 nitrogen and oxygen atoms in total. The van der Waals surface area contributed by atoms with Crippen LogP contribution in [-0.2, 0) is 0 Å². The molecule has 28 heavy (non-hydrogen) atoms. The number of nitrogen functional groups attached to an aromatic ring is 1. The lowest BCUT2D eigenvalue weighted by Crippen LogP contribution is -2.17. The van der Waals surface area contributed by atoms with Gasteiger partial charge in [-0.3, -0.25) is 9.36 Å². The number of carbonyl (C=O) groups excluding carboxylic acids is 1. The Morgan fingerprint density at radius 3 is 2.79 bits per heavy atom. The summed E-state index contributed by atoms with van der Waals surface area (Å²) in [6.45, 7) is 3.82. The third-order valence-electron chi connectivity index (χ3n) is 4.97. The number of hydrogen-bond acceptors (Lipinski definition) is 7. The van der Waals surface area contributed by atoms with Crippen molar-refractivity contribution < 1.29 is 9.90 Å². The molecule has 1 aliphatic carbocycles. The first-order chi connectivity index (χ1) is 13.4. The smallest absolute Gasteiger partial charge is 0.254 e. The fourth-order valence-electron chi connectivity index (χ4n) is 3.57. The molecular formula is C19H19N7O2. The Morgan fingerprint density at radius 2 is 2.11 bits per heavy atom. The van der Waals surface area contributed by atoms with Gasteiger partial charge in [-0.15, -0.1) is 0 Å². The van der Waals surface area contributed by atoms with Gasteiger partial charge in [0.15, 0.2) is 5.65 Å². The number of carbonyl (C=O) groups is 1. The molecule has 0 aliphatic heterocycles. The lowest BCUT2D eigenvalue weighted by atomic mass is 9.93. The number of aromatic nitrogens is 5. The largest absolute Gasteiger partial charge is 0.508 e. The van der Waals surface area contributed by atoms with E-state index in [-0.39, 0.29) is 23.1 Å². The molecule has 5 N–H and O–H groups in total. The minimum atomic E-state index is -0.693. The Kier molecular flexibility index (Phi) is 4.07.